The standard InChI is InChI=1S/C23H27N3O3S/c1-16-5-3-8-21(17(16)2)23(22-12-24-15-25-22)19-6-4-7-20(11-19)26-30(27,28)14-18-9-10-29-13-18/h3-8,11-12,15,18,23,26H,9-10,13-14H2,1-2H3,(H,24,25). The number of benzene rings is 2. The van der Waals surface area contributed by atoms with Crippen LogP contribution in [0.2, 0.25) is 0 Å². The summed E-state index contributed by atoms with van der Waals surface area (Å²) < 4.78 is 33.4. The smallest absolute Gasteiger partial charge is 0.233 e. The summed E-state index contributed by atoms with van der Waals surface area (Å²) in [6, 6.07) is 13.9. The molecule has 3 aromatic rings. The number of H-pyrrole nitrogens is 1. The molecular formula is C23H27N3O3S. The molecule has 2 heterocycles. The van der Waals surface area contributed by atoms with Gasteiger partial charge >= 0.3 is 0 Å². The third-order valence-electron chi connectivity index (χ3n) is 5.76. The molecule has 1 aliphatic heterocycles. The fourth-order valence-electron chi connectivity index (χ4n) is 4.07. The second-order valence-corrected chi connectivity index (χ2v) is 9.73. The quantitative estimate of drug-likeness (QED) is 0.600. The Kier molecular flexibility index (Phi) is 5.92. The molecule has 4 rings (SSSR count). The number of sulfonamides is 1. The maximum atomic E-state index is 12.7. The van der Waals surface area contributed by atoms with Crippen molar-refractivity contribution >= 4 is 15.7 Å². The number of aromatic amines is 1. The average Bonchev–Trinajstić information content (AvgIpc) is 3.39. The molecular weight excluding hydrogens is 398 g/mol. The maximum Gasteiger partial charge on any atom is 0.233 e. The van der Waals surface area contributed by atoms with E-state index >= 15 is 0 Å². The van der Waals surface area contributed by atoms with E-state index in [1.165, 1.54) is 16.7 Å². The first kappa shape index (κ1) is 20.6. The third-order valence-corrected chi connectivity index (χ3v) is 7.22. The van der Waals surface area contributed by atoms with Crippen LogP contribution in [0.15, 0.2) is 55.0 Å². The number of nitrogens with one attached hydrogen (secondary N) is 2. The van der Waals surface area contributed by atoms with Gasteiger partial charge in [0.05, 0.1) is 24.6 Å². The normalized spacial score (nSPS) is 17.7. The molecule has 2 N–H and O–H groups in total. The largest absolute Gasteiger partial charge is 0.381 e. The minimum atomic E-state index is -3.44. The monoisotopic (exact) mass is 425 g/mol. The second-order valence-electron chi connectivity index (χ2n) is 7.97. The molecule has 0 radical (unpaired) electrons. The zero-order chi connectivity index (χ0) is 21.1. The molecule has 0 amide bonds. The van der Waals surface area contributed by atoms with Crippen LogP contribution in [0, 0.1) is 19.8 Å². The molecule has 0 spiro atoms. The van der Waals surface area contributed by atoms with Gasteiger partial charge in [0.2, 0.25) is 10.0 Å². The van der Waals surface area contributed by atoms with Gasteiger partial charge in [-0.3, -0.25) is 4.72 Å². The molecule has 0 aliphatic carbocycles. The van der Waals surface area contributed by atoms with Crippen molar-refractivity contribution in [3.63, 3.8) is 0 Å². The van der Waals surface area contributed by atoms with Crippen molar-refractivity contribution in [3.8, 4) is 0 Å². The van der Waals surface area contributed by atoms with Crippen LogP contribution in [0.3, 0.4) is 0 Å². The highest BCUT2D eigenvalue weighted by atomic mass is 32.2. The van der Waals surface area contributed by atoms with Crippen molar-refractivity contribution in [1.29, 1.82) is 0 Å². The minimum absolute atomic E-state index is 0.0540. The number of anilines is 1. The van der Waals surface area contributed by atoms with E-state index < -0.39 is 10.0 Å². The molecule has 1 aromatic heterocycles. The lowest BCUT2D eigenvalue weighted by molar-refractivity contribution is 0.188. The van der Waals surface area contributed by atoms with Crippen LogP contribution < -0.4 is 4.72 Å². The molecule has 158 valence electrons. The van der Waals surface area contributed by atoms with Crippen molar-refractivity contribution < 1.29 is 13.2 Å². The summed E-state index contributed by atoms with van der Waals surface area (Å²) in [7, 11) is -3.44. The molecule has 6 nitrogen and oxygen atoms in total. The summed E-state index contributed by atoms with van der Waals surface area (Å²) in [5.74, 6) is 0.0662. The van der Waals surface area contributed by atoms with Gasteiger partial charge < -0.3 is 9.72 Å². The van der Waals surface area contributed by atoms with E-state index in [2.05, 4.69) is 46.7 Å². The van der Waals surface area contributed by atoms with Gasteiger partial charge in [-0.25, -0.2) is 13.4 Å². The van der Waals surface area contributed by atoms with Crippen LogP contribution in [0.4, 0.5) is 5.69 Å². The Morgan fingerprint density at radius 3 is 2.80 bits per heavy atom. The van der Waals surface area contributed by atoms with Crippen LogP contribution in [0.5, 0.6) is 0 Å². The van der Waals surface area contributed by atoms with Gasteiger partial charge in [0, 0.05) is 30.1 Å². The lowest BCUT2D eigenvalue weighted by Gasteiger charge is -2.21. The topological polar surface area (TPSA) is 84.1 Å². The molecule has 1 saturated heterocycles. The van der Waals surface area contributed by atoms with Gasteiger partial charge in [0.15, 0.2) is 0 Å². The summed E-state index contributed by atoms with van der Waals surface area (Å²) in [6.45, 7) is 5.36. The zero-order valence-electron chi connectivity index (χ0n) is 17.3. The van der Waals surface area contributed by atoms with Gasteiger partial charge in [-0.1, -0.05) is 30.3 Å². The zero-order valence-corrected chi connectivity index (χ0v) is 18.1. The van der Waals surface area contributed by atoms with Crippen LogP contribution >= 0.6 is 0 Å². The Morgan fingerprint density at radius 1 is 1.23 bits per heavy atom. The van der Waals surface area contributed by atoms with Gasteiger partial charge in [-0.05, 0) is 54.7 Å². The predicted octanol–water partition coefficient (Wildman–Crippen LogP) is 3.98. The van der Waals surface area contributed by atoms with E-state index in [1.54, 1.807) is 12.4 Å². The number of aryl methyl sites for hydroxylation is 1. The van der Waals surface area contributed by atoms with E-state index in [0.29, 0.717) is 18.9 Å². The molecule has 1 aliphatic rings. The molecule has 30 heavy (non-hydrogen) atoms. The van der Waals surface area contributed by atoms with Crippen LogP contribution in [-0.2, 0) is 14.8 Å². The van der Waals surface area contributed by atoms with Crippen molar-refractivity contribution in [3.05, 3.63) is 82.9 Å². The summed E-state index contributed by atoms with van der Waals surface area (Å²) >= 11 is 0. The van der Waals surface area contributed by atoms with Gasteiger partial charge in [-0.2, -0.15) is 0 Å². The number of aromatic nitrogens is 2. The Morgan fingerprint density at radius 2 is 2.07 bits per heavy atom. The van der Waals surface area contributed by atoms with Crippen LogP contribution in [0.1, 0.15) is 40.3 Å². The Hall–Kier alpha value is -2.64. The van der Waals surface area contributed by atoms with E-state index in [0.717, 1.165) is 17.7 Å². The first-order chi connectivity index (χ1) is 14.4. The highest BCUT2D eigenvalue weighted by Crippen LogP contribution is 2.34. The molecule has 1 fully saturated rings. The number of imidazole rings is 1. The number of hydrogen-bond donors (Lipinski definition) is 2. The minimum Gasteiger partial charge on any atom is -0.381 e. The van der Waals surface area contributed by atoms with Crippen LogP contribution in [-0.4, -0.2) is 37.4 Å². The fourth-order valence-corrected chi connectivity index (χ4v) is 5.52. The number of ether oxygens (including phenoxy) is 1. The number of nitrogens with zero attached hydrogens (tertiary/aromatic N) is 1. The predicted molar refractivity (Wildman–Crippen MR) is 118 cm³/mol. The first-order valence-electron chi connectivity index (χ1n) is 10.2. The summed E-state index contributed by atoms with van der Waals surface area (Å²) in [5, 5.41) is 0. The summed E-state index contributed by atoms with van der Waals surface area (Å²) in [4.78, 5) is 7.44. The SMILES string of the molecule is Cc1cccc(C(c2cccc(NS(=O)(=O)CC3CCOC3)c2)c2cnc[nH]2)c1C. The highest BCUT2D eigenvalue weighted by Gasteiger charge is 2.24. The average molecular weight is 426 g/mol. The lowest BCUT2D eigenvalue weighted by atomic mass is 9.85. The Bertz CT molecular complexity index is 1100. The van der Waals surface area contributed by atoms with Gasteiger partial charge in [0.25, 0.3) is 0 Å². The molecule has 7 heteroatoms. The van der Waals surface area contributed by atoms with E-state index in [9.17, 15) is 8.42 Å². The molecule has 0 bridgehead atoms. The summed E-state index contributed by atoms with van der Waals surface area (Å²) in [6.07, 6.45) is 4.28. The molecule has 2 aromatic carbocycles. The van der Waals surface area contributed by atoms with Gasteiger partial charge in [-0.15, -0.1) is 0 Å². The fraction of sp³-hybridized carbons (Fsp3) is 0.348. The summed E-state index contributed by atoms with van der Waals surface area (Å²) in [5.41, 5.74) is 6.13. The van der Waals surface area contributed by atoms with Crippen LogP contribution in [0.25, 0.3) is 0 Å². The Labute approximate surface area is 177 Å². The van der Waals surface area contributed by atoms with Crippen molar-refractivity contribution in [1.82, 2.24) is 9.97 Å². The van der Waals surface area contributed by atoms with Crippen molar-refractivity contribution in [2.75, 3.05) is 23.7 Å². The van der Waals surface area contributed by atoms with Gasteiger partial charge in [0.1, 0.15) is 0 Å². The van der Waals surface area contributed by atoms with E-state index in [1.807, 2.05) is 24.4 Å². The first-order valence-corrected chi connectivity index (χ1v) is 11.8. The second kappa shape index (κ2) is 8.62. The van der Waals surface area contributed by atoms with Crippen molar-refractivity contribution in [2.45, 2.75) is 26.2 Å². The maximum absolute atomic E-state index is 12.7. The lowest BCUT2D eigenvalue weighted by Crippen LogP contribution is -2.23. The number of rotatable bonds is 7. The van der Waals surface area contributed by atoms with E-state index in [4.69, 9.17) is 4.74 Å². The van der Waals surface area contributed by atoms with E-state index in [-0.39, 0.29) is 17.6 Å². The number of hydrogen-bond acceptors (Lipinski definition) is 4. The highest BCUT2D eigenvalue weighted by molar-refractivity contribution is 7.92. The van der Waals surface area contributed by atoms with Crippen molar-refractivity contribution in [2.24, 2.45) is 5.92 Å². The Balaban J connectivity index is 1.67. The molecule has 2 atom stereocenters. The molecule has 2 unspecified atom stereocenters. The molecule has 0 saturated carbocycles. The third kappa shape index (κ3) is 4.57.